The van der Waals surface area contributed by atoms with Gasteiger partial charge in [-0.1, -0.05) is 26.7 Å². The minimum Gasteiger partial charge on any atom is -0.386 e. The molecule has 1 aromatic rings. The summed E-state index contributed by atoms with van der Waals surface area (Å²) in [6.07, 6.45) is 5.54. The number of ether oxygens (including phenoxy) is 1. The molecule has 0 spiro atoms. The second kappa shape index (κ2) is 8.72. The molecule has 0 fully saturated rings. The van der Waals surface area contributed by atoms with E-state index in [2.05, 4.69) is 34.9 Å². The molecule has 0 saturated carbocycles. The highest BCUT2D eigenvalue weighted by atomic mass is 79.9. The highest BCUT2D eigenvalue weighted by Crippen LogP contribution is 2.33. The van der Waals surface area contributed by atoms with Gasteiger partial charge in [-0.2, -0.15) is 5.10 Å². The molecule has 0 aliphatic heterocycles. The van der Waals surface area contributed by atoms with E-state index in [1.54, 1.807) is 13.3 Å². The number of aliphatic hydroxyl groups excluding tert-OH is 1. The van der Waals surface area contributed by atoms with Crippen LogP contribution >= 0.6 is 15.9 Å². The molecule has 19 heavy (non-hydrogen) atoms. The van der Waals surface area contributed by atoms with Crippen molar-refractivity contribution in [1.82, 2.24) is 9.78 Å². The molecule has 1 atom stereocenters. The second-order valence-electron chi connectivity index (χ2n) is 4.88. The van der Waals surface area contributed by atoms with Crippen LogP contribution in [0.3, 0.4) is 0 Å². The lowest BCUT2D eigenvalue weighted by Gasteiger charge is -2.23. The number of hydrogen-bond donors (Lipinski definition) is 1. The van der Waals surface area contributed by atoms with Crippen molar-refractivity contribution in [1.29, 1.82) is 0 Å². The molecule has 0 aliphatic carbocycles. The smallest absolute Gasteiger partial charge is 0.0996 e. The van der Waals surface area contributed by atoms with E-state index < -0.39 is 6.10 Å². The zero-order valence-corrected chi connectivity index (χ0v) is 13.7. The summed E-state index contributed by atoms with van der Waals surface area (Å²) >= 11 is 3.50. The zero-order valence-electron chi connectivity index (χ0n) is 12.1. The van der Waals surface area contributed by atoms with Crippen molar-refractivity contribution in [3.05, 3.63) is 16.4 Å². The normalized spacial score (nSPS) is 13.2. The Morgan fingerprint density at radius 2 is 2.00 bits per heavy atom. The van der Waals surface area contributed by atoms with Gasteiger partial charge in [-0.05, 0) is 34.7 Å². The molecule has 0 radical (unpaired) electrons. The lowest BCUT2D eigenvalue weighted by molar-refractivity contribution is 0.0844. The van der Waals surface area contributed by atoms with E-state index in [-0.39, 0.29) is 0 Å². The van der Waals surface area contributed by atoms with Gasteiger partial charge in [0.05, 0.1) is 35.6 Å². The molecule has 5 heteroatoms. The molecule has 1 rings (SSSR count). The Bertz CT molecular complexity index is 362. The van der Waals surface area contributed by atoms with Gasteiger partial charge in [0.15, 0.2) is 0 Å². The Kier molecular flexibility index (Phi) is 7.64. The molecule has 1 unspecified atom stereocenters. The summed E-state index contributed by atoms with van der Waals surface area (Å²) in [5.41, 5.74) is 0.879. The number of hydrogen-bond acceptors (Lipinski definition) is 3. The molecule has 1 N–H and O–H groups in total. The molecule has 0 aliphatic rings. The standard InChI is InChI=1S/C14H25BrN2O2/c1-4-6-11(7-5-2)14(18)13-12(15)10-16-17(13)8-9-19-3/h10-11,14,18H,4-9H2,1-3H3. The second-order valence-corrected chi connectivity index (χ2v) is 5.73. The average Bonchev–Trinajstić information content (AvgIpc) is 2.76. The van der Waals surface area contributed by atoms with Gasteiger partial charge >= 0.3 is 0 Å². The van der Waals surface area contributed by atoms with E-state index in [1.165, 1.54) is 0 Å². The van der Waals surface area contributed by atoms with Crippen molar-refractivity contribution in [2.75, 3.05) is 13.7 Å². The average molecular weight is 333 g/mol. The van der Waals surface area contributed by atoms with Crippen LogP contribution in [0.4, 0.5) is 0 Å². The maximum atomic E-state index is 10.7. The maximum absolute atomic E-state index is 10.7. The fourth-order valence-corrected chi connectivity index (χ4v) is 2.98. The summed E-state index contributed by atoms with van der Waals surface area (Å²) in [7, 11) is 1.67. The van der Waals surface area contributed by atoms with E-state index in [0.717, 1.165) is 35.8 Å². The monoisotopic (exact) mass is 332 g/mol. The van der Waals surface area contributed by atoms with Gasteiger partial charge in [0.25, 0.3) is 0 Å². The minimum atomic E-state index is -0.464. The number of methoxy groups -OCH3 is 1. The molecule has 110 valence electrons. The first-order valence-electron chi connectivity index (χ1n) is 7.03. The molecule has 0 saturated heterocycles. The number of aromatic nitrogens is 2. The fraction of sp³-hybridized carbons (Fsp3) is 0.786. The van der Waals surface area contributed by atoms with Crippen molar-refractivity contribution in [2.45, 2.75) is 52.2 Å². The quantitative estimate of drug-likeness (QED) is 0.752. The van der Waals surface area contributed by atoms with Crippen LogP contribution in [-0.2, 0) is 11.3 Å². The Morgan fingerprint density at radius 3 is 2.53 bits per heavy atom. The summed E-state index contributed by atoms with van der Waals surface area (Å²) in [5, 5.41) is 15.0. The Hall–Kier alpha value is -0.390. The summed E-state index contributed by atoms with van der Waals surface area (Å²) in [4.78, 5) is 0. The van der Waals surface area contributed by atoms with Crippen LogP contribution < -0.4 is 0 Å². The third-order valence-electron chi connectivity index (χ3n) is 3.39. The largest absolute Gasteiger partial charge is 0.386 e. The van der Waals surface area contributed by atoms with Crippen LogP contribution in [0.5, 0.6) is 0 Å². The Morgan fingerprint density at radius 1 is 1.37 bits per heavy atom. The molecule has 0 bridgehead atoms. The van der Waals surface area contributed by atoms with E-state index in [0.29, 0.717) is 19.1 Å². The molecular formula is C14H25BrN2O2. The Labute approximate surface area is 124 Å². The first-order valence-corrected chi connectivity index (χ1v) is 7.83. The van der Waals surface area contributed by atoms with Crippen molar-refractivity contribution < 1.29 is 9.84 Å². The summed E-state index contributed by atoms with van der Waals surface area (Å²) in [5.74, 6) is 0.296. The van der Waals surface area contributed by atoms with Crippen LogP contribution in [0.25, 0.3) is 0 Å². The van der Waals surface area contributed by atoms with E-state index >= 15 is 0 Å². The fourth-order valence-electron chi connectivity index (χ4n) is 2.45. The van der Waals surface area contributed by atoms with Crippen molar-refractivity contribution >= 4 is 15.9 Å². The zero-order chi connectivity index (χ0) is 14.3. The topological polar surface area (TPSA) is 47.3 Å². The van der Waals surface area contributed by atoms with Gasteiger partial charge in [-0.3, -0.25) is 4.68 Å². The van der Waals surface area contributed by atoms with Gasteiger partial charge < -0.3 is 9.84 Å². The van der Waals surface area contributed by atoms with Gasteiger partial charge in [0.2, 0.25) is 0 Å². The van der Waals surface area contributed by atoms with Crippen LogP contribution in [0, 0.1) is 5.92 Å². The van der Waals surface area contributed by atoms with Gasteiger partial charge in [0.1, 0.15) is 0 Å². The predicted molar refractivity (Wildman–Crippen MR) is 80.1 cm³/mol. The lowest BCUT2D eigenvalue weighted by Crippen LogP contribution is -2.19. The number of rotatable bonds is 9. The van der Waals surface area contributed by atoms with E-state index in [9.17, 15) is 5.11 Å². The summed E-state index contributed by atoms with van der Waals surface area (Å²) in [6, 6.07) is 0. The van der Waals surface area contributed by atoms with Crippen LogP contribution in [0.1, 0.15) is 51.3 Å². The summed E-state index contributed by atoms with van der Waals surface area (Å²) < 4.78 is 7.81. The lowest BCUT2D eigenvalue weighted by atomic mass is 9.90. The van der Waals surface area contributed by atoms with Gasteiger partial charge in [0, 0.05) is 7.11 Å². The molecule has 0 aromatic carbocycles. The highest BCUT2D eigenvalue weighted by Gasteiger charge is 2.25. The van der Waals surface area contributed by atoms with Crippen molar-refractivity contribution in [2.24, 2.45) is 5.92 Å². The molecular weight excluding hydrogens is 308 g/mol. The maximum Gasteiger partial charge on any atom is 0.0996 e. The first kappa shape index (κ1) is 16.7. The number of halogens is 1. The SMILES string of the molecule is CCCC(CCC)C(O)c1c(Br)cnn1CCOC. The van der Waals surface area contributed by atoms with Crippen LogP contribution in [0.15, 0.2) is 10.7 Å². The highest BCUT2D eigenvalue weighted by molar-refractivity contribution is 9.10. The number of aliphatic hydroxyl groups is 1. The first-order chi connectivity index (χ1) is 9.15. The van der Waals surface area contributed by atoms with Gasteiger partial charge in [-0.15, -0.1) is 0 Å². The number of nitrogens with zero attached hydrogens (tertiary/aromatic N) is 2. The van der Waals surface area contributed by atoms with Crippen LogP contribution in [-0.4, -0.2) is 28.6 Å². The molecule has 1 aromatic heterocycles. The van der Waals surface area contributed by atoms with Crippen molar-refractivity contribution in [3.63, 3.8) is 0 Å². The van der Waals surface area contributed by atoms with Gasteiger partial charge in [-0.25, -0.2) is 0 Å². The molecule has 1 heterocycles. The van der Waals surface area contributed by atoms with Crippen molar-refractivity contribution in [3.8, 4) is 0 Å². The van der Waals surface area contributed by atoms with Crippen LogP contribution in [0.2, 0.25) is 0 Å². The predicted octanol–water partition coefficient (Wildman–Crippen LogP) is 3.54. The minimum absolute atomic E-state index is 0.296. The molecule has 4 nitrogen and oxygen atoms in total. The molecule has 0 amide bonds. The van der Waals surface area contributed by atoms with E-state index in [1.807, 2.05) is 4.68 Å². The third kappa shape index (κ3) is 4.58. The summed E-state index contributed by atoms with van der Waals surface area (Å²) in [6.45, 7) is 5.58. The van der Waals surface area contributed by atoms with E-state index in [4.69, 9.17) is 4.74 Å². The third-order valence-corrected chi connectivity index (χ3v) is 4.00. The Balaban J connectivity index is 2.88.